The van der Waals surface area contributed by atoms with Gasteiger partial charge in [-0.05, 0) is 25.0 Å². The van der Waals surface area contributed by atoms with E-state index < -0.39 is 4.92 Å². The SMILES string of the molecule is COc1ccc(-c2cn(C(=O)N(C)C3CCCCC3)cn2)cc1[N+](=O)[O-]. The van der Waals surface area contributed by atoms with Crippen molar-refractivity contribution in [2.45, 2.75) is 38.1 Å². The zero-order valence-corrected chi connectivity index (χ0v) is 14.9. The highest BCUT2D eigenvalue weighted by Gasteiger charge is 2.24. The van der Waals surface area contributed by atoms with Crippen LogP contribution in [-0.2, 0) is 0 Å². The number of nitro groups is 1. The zero-order chi connectivity index (χ0) is 18.7. The van der Waals surface area contributed by atoms with Gasteiger partial charge in [-0.3, -0.25) is 14.7 Å². The number of carbonyl (C=O) groups is 1. The summed E-state index contributed by atoms with van der Waals surface area (Å²) in [6.07, 6.45) is 8.62. The summed E-state index contributed by atoms with van der Waals surface area (Å²) in [7, 11) is 3.20. The second-order valence-electron chi connectivity index (χ2n) is 6.50. The van der Waals surface area contributed by atoms with Gasteiger partial charge in [0.05, 0.1) is 17.7 Å². The Balaban J connectivity index is 1.82. The number of rotatable bonds is 4. The molecule has 0 bridgehead atoms. The molecule has 1 amide bonds. The Morgan fingerprint density at radius 2 is 2.08 bits per heavy atom. The number of amides is 1. The fourth-order valence-corrected chi connectivity index (χ4v) is 3.38. The Morgan fingerprint density at radius 1 is 1.35 bits per heavy atom. The molecule has 0 atom stereocenters. The van der Waals surface area contributed by atoms with Crippen molar-refractivity contribution in [1.29, 1.82) is 0 Å². The number of nitrogens with zero attached hydrogens (tertiary/aromatic N) is 4. The average molecular weight is 358 g/mol. The number of hydrogen-bond acceptors (Lipinski definition) is 5. The molecule has 1 fully saturated rings. The Bertz CT molecular complexity index is 811. The highest BCUT2D eigenvalue weighted by molar-refractivity contribution is 5.78. The van der Waals surface area contributed by atoms with Crippen molar-refractivity contribution in [3.05, 3.63) is 40.8 Å². The highest BCUT2D eigenvalue weighted by Crippen LogP contribution is 2.31. The molecular formula is C18H22N4O4. The van der Waals surface area contributed by atoms with Crippen LogP contribution in [0.15, 0.2) is 30.7 Å². The van der Waals surface area contributed by atoms with E-state index in [1.54, 1.807) is 17.2 Å². The van der Waals surface area contributed by atoms with Crippen molar-refractivity contribution in [2.75, 3.05) is 14.2 Å². The first-order chi connectivity index (χ1) is 12.5. The Morgan fingerprint density at radius 3 is 2.73 bits per heavy atom. The summed E-state index contributed by atoms with van der Waals surface area (Å²) in [4.78, 5) is 29.4. The van der Waals surface area contributed by atoms with Gasteiger partial charge in [0.15, 0.2) is 5.75 Å². The lowest BCUT2D eigenvalue weighted by atomic mass is 9.95. The molecule has 8 heteroatoms. The lowest BCUT2D eigenvalue weighted by molar-refractivity contribution is -0.385. The minimum Gasteiger partial charge on any atom is -0.490 e. The lowest BCUT2D eigenvalue weighted by Crippen LogP contribution is -2.40. The number of carbonyl (C=O) groups excluding carboxylic acids is 1. The van der Waals surface area contributed by atoms with Crippen LogP contribution in [0.2, 0.25) is 0 Å². The van der Waals surface area contributed by atoms with Crippen LogP contribution in [0, 0.1) is 10.1 Å². The second kappa shape index (κ2) is 7.55. The molecule has 1 aliphatic carbocycles. The third-order valence-corrected chi connectivity index (χ3v) is 4.90. The quantitative estimate of drug-likeness (QED) is 0.614. The Kier molecular flexibility index (Phi) is 5.20. The van der Waals surface area contributed by atoms with Crippen molar-refractivity contribution in [3.8, 4) is 17.0 Å². The second-order valence-corrected chi connectivity index (χ2v) is 6.50. The first-order valence-corrected chi connectivity index (χ1v) is 8.65. The minimum atomic E-state index is -0.499. The molecule has 1 heterocycles. The van der Waals surface area contributed by atoms with Crippen molar-refractivity contribution < 1.29 is 14.5 Å². The average Bonchev–Trinajstić information content (AvgIpc) is 3.17. The summed E-state index contributed by atoms with van der Waals surface area (Å²) in [6, 6.07) is 4.74. The maximum absolute atomic E-state index is 12.7. The highest BCUT2D eigenvalue weighted by atomic mass is 16.6. The molecule has 1 aromatic heterocycles. The molecular weight excluding hydrogens is 336 g/mol. The van der Waals surface area contributed by atoms with Gasteiger partial charge in [0.1, 0.15) is 6.33 Å². The molecule has 0 saturated heterocycles. The van der Waals surface area contributed by atoms with Gasteiger partial charge in [-0.25, -0.2) is 9.78 Å². The Hall–Kier alpha value is -2.90. The summed E-state index contributed by atoms with van der Waals surface area (Å²) >= 11 is 0. The molecule has 0 N–H and O–H groups in total. The van der Waals surface area contributed by atoms with E-state index in [0.717, 1.165) is 25.7 Å². The van der Waals surface area contributed by atoms with Crippen LogP contribution in [0.1, 0.15) is 32.1 Å². The molecule has 1 aromatic carbocycles. The Labute approximate surface area is 151 Å². The molecule has 26 heavy (non-hydrogen) atoms. The van der Waals surface area contributed by atoms with Gasteiger partial charge in [-0.1, -0.05) is 19.3 Å². The van der Waals surface area contributed by atoms with Crippen LogP contribution in [0.5, 0.6) is 5.75 Å². The molecule has 8 nitrogen and oxygen atoms in total. The van der Waals surface area contributed by atoms with Crippen molar-refractivity contribution >= 4 is 11.7 Å². The molecule has 138 valence electrons. The van der Waals surface area contributed by atoms with E-state index in [4.69, 9.17) is 4.74 Å². The number of ether oxygens (including phenoxy) is 1. The van der Waals surface area contributed by atoms with Crippen LogP contribution in [0.4, 0.5) is 10.5 Å². The first kappa shape index (κ1) is 17.9. The number of nitro benzene ring substituents is 1. The smallest absolute Gasteiger partial charge is 0.329 e. The summed E-state index contributed by atoms with van der Waals surface area (Å²) in [5.74, 6) is 0.186. The standard InChI is InChI=1S/C18H22N4O4/c1-20(14-6-4-3-5-7-14)18(23)21-11-15(19-12-21)13-8-9-17(26-2)16(10-13)22(24)25/h8-12,14H,3-7H2,1-2H3. The van der Waals surface area contributed by atoms with Gasteiger partial charge >= 0.3 is 11.7 Å². The van der Waals surface area contributed by atoms with E-state index >= 15 is 0 Å². The van der Waals surface area contributed by atoms with E-state index in [2.05, 4.69) is 4.98 Å². The molecule has 0 aliphatic heterocycles. The summed E-state index contributed by atoms with van der Waals surface area (Å²) in [5.41, 5.74) is 0.927. The van der Waals surface area contributed by atoms with Gasteiger partial charge < -0.3 is 9.64 Å². The predicted molar refractivity (Wildman–Crippen MR) is 96.3 cm³/mol. The number of hydrogen-bond donors (Lipinski definition) is 0. The van der Waals surface area contributed by atoms with Gasteiger partial charge in [0, 0.05) is 30.9 Å². The van der Waals surface area contributed by atoms with Gasteiger partial charge in [0.25, 0.3) is 0 Å². The van der Waals surface area contributed by atoms with Crippen molar-refractivity contribution in [2.24, 2.45) is 0 Å². The topological polar surface area (TPSA) is 90.5 Å². The predicted octanol–water partition coefficient (Wildman–Crippen LogP) is 3.70. The number of aromatic nitrogens is 2. The molecule has 0 unspecified atom stereocenters. The monoisotopic (exact) mass is 358 g/mol. The van der Waals surface area contributed by atoms with Crippen LogP contribution in [0.25, 0.3) is 11.3 Å². The molecule has 0 radical (unpaired) electrons. The van der Waals surface area contributed by atoms with Crippen molar-refractivity contribution in [1.82, 2.24) is 14.5 Å². The van der Waals surface area contributed by atoms with Gasteiger partial charge in [-0.2, -0.15) is 0 Å². The summed E-state index contributed by atoms with van der Waals surface area (Å²) in [6.45, 7) is 0. The van der Waals surface area contributed by atoms with Crippen molar-refractivity contribution in [3.63, 3.8) is 0 Å². The van der Waals surface area contributed by atoms with Crippen LogP contribution < -0.4 is 4.74 Å². The van der Waals surface area contributed by atoms with Crippen LogP contribution in [-0.4, -0.2) is 45.6 Å². The van der Waals surface area contributed by atoms with Crippen LogP contribution in [0.3, 0.4) is 0 Å². The normalized spacial score (nSPS) is 14.8. The largest absolute Gasteiger partial charge is 0.490 e. The lowest BCUT2D eigenvalue weighted by Gasteiger charge is -2.31. The summed E-state index contributed by atoms with van der Waals surface area (Å²) in [5, 5.41) is 11.2. The minimum absolute atomic E-state index is 0.134. The van der Waals surface area contributed by atoms with Gasteiger partial charge in [-0.15, -0.1) is 0 Å². The summed E-state index contributed by atoms with van der Waals surface area (Å²) < 4.78 is 6.44. The molecule has 2 aromatic rings. The maximum Gasteiger partial charge on any atom is 0.329 e. The van der Waals surface area contributed by atoms with E-state index in [-0.39, 0.29) is 23.5 Å². The van der Waals surface area contributed by atoms with E-state index in [9.17, 15) is 14.9 Å². The number of methoxy groups -OCH3 is 1. The molecule has 1 aliphatic rings. The van der Waals surface area contributed by atoms with E-state index in [1.807, 2.05) is 7.05 Å². The van der Waals surface area contributed by atoms with Crippen LogP contribution >= 0.6 is 0 Å². The zero-order valence-electron chi connectivity index (χ0n) is 14.9. The van der Waals surface area contributed by atoms with Gasteiger partial charge in [0.2, 0.25) is 0 Å². The maximum atomic E-state index is 12.7. The van der Waals surface area contributed by atoms with E-state index in [1.165, 1.54) is 36.6 Å². The molecule has 0 spiro atoms. The molecule has 1 saturated carbocycles. The fraction of sp³-hybridized carbons (Fsp3) is 0.444. The number of imidazole rings is 1. The molecule has 3 rings (SSSR count). The first-order valence-electron chi connectivity index (χ1n) is 8.65. The fourth-order valence-electron chi connectivity index (χ4n) is 3.38. The third-order valence-electron chi connectivity index (χ3n) is 4.90. The van der Waals surface area contributed by atoms with E-state index in [0.29, 0.717) is 11.3 Å². The number of benzene rings is 1. The third kappa shape index (κ3) is 3.54.